The van der Waals surface area contributed by atoms with Gasteiger partial charge in [0.05, 0.1) is 17.2 Å². The summed E-state index contributed by atoms with van der Waals surface area (Å²) < 4.78 is 23.3. The fourth-order valence-electron chi connectivity index (χ4n) is 2.64. The Morgan fingerprint density at radius 2 is 2.20 bits per heavy atom. The maximum Gasteiger partial charge on any atom is 0.151 e. The predicted octanol–water partition coefficient (Wildman–Crippen LogP) is 1.95. The summed E-state index contributed by atoms with van der Waals surface area (Å²) in [7, 11) is -2.89. The maximum absolute atomic E-state index is 11.6. The second-order valence-electron chi connectivity index (χ2n) is 5.38. The fourth-order valence-corrected chi connectivity index (χ4v) is 5.42. The van der Waals surface area contributed by atoms with Crippen molar-refractivity contribution < 1.29 is 8.42 Å². The molecule has 2 aliphatic heterocycles. The van der Waals surface area contributed by atoms with Crippen molar-refractivity contribution in [3.8, 4) is 0 Å². The second kappa shape index (κ2) is 5.52. The highest BCUT2D eigenvalue weighted by Crippen LogP contribution is 2.35. The van der Waals surface area contributed by atoms with E-state index in [9.17, 15) is 8.42 Å². The van der Waals surface area contributed by atoms with Crippen LogP contribution < -0.4 is 5.32 Å². The van der Waals surface area contributed by atoms with Gasteiger partial charge in [0.1, 0.15) is 11.6 Å². The fraction of sp³-hybridized carbons (Fsp3) is 0.692. The molecule has 20 heavy (non-hydrogen) atoms. The van der Waals surface area contributed by atoms with Gasteiger partial charge in [-0.2, -0.15) is 11.8 Å². The number of hydrogen-bond acceptors (Lipinski definition) is 6. The van der Waals surface area contributed by atoms with Crippen LogP contribution in [0, 0.1) is 0 Å². The number of nitrogens with one attached hydrogen (secondary N) is 1. The molecular weight excluding hydrogens is 294 g/mol. The summed E-state index contributed by atoms with van der Waals surface area (Å²) >= 11 is 1.84. The molecule has 0 radical (unpaired) electrons. The van der Waals surface area contributed by atoms with Crippen molar-refractivity contribution in [3.05, 3.63) is 17.1 Å². The van der Waals surface area contributed by atoms with Gasteiger partial charge in [0.25, 0.3) is 0 Å². The molecule has 5 nitrogen and oxygen atoms in total. The van der Waals surface area contributed by atoms with Crippen LogP contribution in [-0.4, -0.2) is 36.4 Å². The van der Waals surface area contributed by atoms with Gasteiger partial charge in [-0.05, 0) is 12.8 Å². The molecule has 0 aliphatic carbocycles. The third-order valence-corrected chi connectivity index (χ3v) is 6.47. The van der Waals surface area contributed by atoms with Crippen LogP contribution in [0.2, 0.25) is 0 Å². The van der Waals surface area contributed by atoms with Crippen molar-refractivity contribution >= 4 is 27.4 Å². The van der Waals surface area contributed by atoms with Crippen LogP contribution in [-0.2, 0) is 21.3 Å². The van der Waals surface area contributed by atoms with Crippen molar-refractivity contribution in [2.45, 2.75) is 37.2 Å². The first kappa shape index (κ1) is 14.1. The Balaban J connectivity index is 1.92. The van der Waals surface area contributed by atoms with Gasteiger partial charge in [0.15, 0.2) is 9.84 Å². The summed E-state index contributed by atoms with van der Waals surface area (Å²) in [6, 6.07) is 0. The largest absolute Gasteiger partial charge is 0.370 e. The molecule has 110 valence electrons. The van der Waals surface area contributed by atoms with E-state index in [0.29, 0.717) is 12.2 Å². The lowest BCUT2D eigenvalue weighted by atomic mass is 10.1. The number of hydrogen-bond donors (Lipinski definition) is 1. The summed E-state index contributed by atoms with van der Waals surface area (Å²) in [5.74, 6) is 3.93. The van der Waals surface area contributed by atoms with E-state index in [2.05, 4.69) is 22.2 Å². The molecule has 7 heteroatoms. The highest BCUT2D eigenvalue weighted by molar-refractivity contribution is 7.98. The quantitative estimate of drug-likeness (QED) is 0.916. The van der Waals surface area contributed by atoms with Gasteiger partial charge >= 0.3 is 0 Å². The molecule has 1 saturated heterocycles. The van der Waals surface area contributed by atoms with Crippen molar-refractivity contribution in [1.82, 2.24) is 9.97 Å². The summed E-state index contributed by atoms with van der Waals surface area (Å²) in [5, 5.41) is 3.37. The average Bonchev–Trinajstić information content (AvgIpc) is 3.01. The molecule has 0 bridgehead atoms. The molecule has 1 N–H and O–H groups in total. The molecule has 1 aromatic rings. The Morgan fingerprint density at radius 1 is 1.35 bits per heavy atom. The van der Waals surface area contributed by atoms with Gasteiger partial charge in [-0.25, -0.2) is 18.4 Å². The minimum atomic E-state index is -2.89. The highest BCUT2D eigenvalue weighted by atomic mass is 32.2. The normalized spacial score (nSPS) is 23.8. The summed E-state index contributed by atoms with van der Waals surface area (Å²) in [4.78, 5) is 9.26. The number of thioether (sulfide) groups is 1. The Labute approximate surface area is 123 Å². The van der Waals surface area contributed by atoms with E-state index in [4.69, 9.17) is 0 Å². The van der Waals surface area contributed by atoms with E-state index >= 15 is 0 Å². The topological polar surface area (TPSA) is 72.0 Å². The Morgan fingerprint density at radius 3 is 2.90 bits per heavy atom. The van der Waals surface area contributed by atoms with Crippen molar-refractivity contribution in [2.75, 3.05) is 23.4 Å². The van der Waals surface area contributed by atoms with Gasteiger partial charge in [-0.3, -0.25) is 0 Å². The lowest BCUT2D eigenvalue weighted by Crippen LogP contribution is -2.13. The first-order chi connectivity index (χ1) is 9.59. The Hall–Kier alpha value is -0.820. The Bertz CT molecular complexity index is 616. The molecule has 0 aromatic carbocycles. The minimum Gasteiger partial charge on any atom is -0.370 e. The van der Waals surface area contributed by atoms with Gasteiger partial charge < -0.3 is 5.32 Å². The zero-order valence-corrected chi connectivity index (χ0v) is 13.2. The Kier molecular flexibility index (Phi) is 3.90. The molecular formula is C13H19N3O2S2. The standard InChI is InChI=1S/C13H19N3O2S2/c1-2-4-14-13-10-6-19-7-11(10)15-12(16-13)9-3-5-20(17,18)8-9/h9H,2-8H2,1H3,(H,14,15,16). The molecule has 1 aromatic heterocycles. The number of fused-ring (bicyclic) bond motifs is 1. The minimum absolute atomic E-state index is 0.0296. The number of anilines is 1. The van der Waals surface area contributed by atoms with E-state index < -0.39 is 9.84 Å². The van der Waals surface area contributed by atoms with Crippen LogP contribution in [0.3, 0.4) is 0 Å². The van der Waals surface area contributed by atoms with Crippen molar-refractivity contribution in [1.29, 1.82) is 0 Å². The van der Waals surface area contributed by atoms with Gasteiger partial charge in [0, 0.05) is 29.5 Å². The third kappa shape index (κ3) is 2.79. The zero-order valence-electron chi connectivity index (χ0n) is 11.6. The van der Waals surface area contributed by atoms with E-state index in [0.717, 1.165) is 36.0 Å². The molecule has 3 rings (SSSR count). The second-order valence-corrected chi connectivity index (χ2v) is 8.59. The van der Waals surface area contributed by atoms with E-state index in [-0.39, 0.29) is 17.4 Å². The summed E-state index contributed by atoms with van der Waals surface area (Å²) in [6.07, 6.45) is 1.69. The highest BCUT2D eigenvalue weighted by Gasteiger charge is 2.32. The van der Waals surface area contributed by atoms with E-state index in [1.807, 2.05) is 11.8 Å². The van der Waals surface area contributed by atoms with Crippen molar-refractivity contribution in [3.63, 3.8) is 0 Å². The predicted molar refractivity (Wildman–Crippen MR) is 81.8 cm³/mol. The third-order valence-electron chi connectivity index (χ3n) is 3.74. The van der Waals surface area contributed by atoms with Gasteiger partial charge in [-0.15, -0.1) is 0 Å². The summed E-state index contributed by atoms with van der Waals surface area (Å²) in [5.41, 5.74) is 2.29. The van der Waals surface area contributed by atoms with Crippen LogP contribution in [0.1, 0.15) is 42.8 Å². The number of aromatic nitrogens is 2. The first-order valence-electron chi connectivity index (χ1n) is 7.01. The van der Waals surface area contributed by atoms with Crippen LogP contribution in [0.5, 0.6) is 0 Å². The summed E-state index contributed by atoms with van der Waals surface area (Å²) in [6.45, 7) is 3.00. The molecule has 1 unspecified atom stereocenters. The molecule has 0 spiro atoms. The molecule has 1 atom stereocenters. The van der Waals surface area contributed by atoms with E-state index in [1.54, 1.807) is 0 Å². The molecule has 2 aliphatic rings. The lowest BCUT2D eigenvalue weighted by Gasteiger charge is -2.13. The van der Waals surface area contributed by atoms with Gasteiger partial charge in [0.2, 0.25) is 0 Å². The zero-order chi connectivity index (χ0) is 14.2. The SMILES string of the molecule is CCCNc1nc(C2CCS(=O)(=O)C2)nc2c1CSC2. The lowest BCUT2D eigenvalue weighted by molar-refractivity contribution is 0.601. The van der Waals surface area contributed by atoms with E-state index in [1.165, 1.54) is 5.56 Å². The molecule has 0 amide bonds. The molecule has 0 saturated carbocycles. The number of sulfone groups is 1. The van der Waals surface area contributed by atoms with Crippen molar-refractivity contribution in [2.24, 2.45) is 0 Å². The van der Waals surface area contributed by atoms with Crippen LogP contribution in [0.15, 0.2) is 0 Å². The molecule has 1 fully saturated rings. The smallest absolute Gasteiger partial charge is 0.151 e. The number of nitrogens with zero attached hydrogens (tertiary/aromatic N) is 2. The van der Waals surface area contributed by atoms with Crippen LogP contribution in [0.25, 0.3) is 0 Å². The average molecular weight is 313 g/mol. The first-order valence-corrected chi connectivity index (χ1v) is 9.98. The van der Waals surface area contributed by atoms with Crippen LogP contribution >= 0.6 is 11.8 Å². The number of rotatable bonds is 4. The molecule has 3 heterocycles. The monoisotopic (exact) mass is 313 g/mol. The maximum atomic E-state index is 11.6. The van der Waals surface area contributed by atoms with Crippen LogP contribution in [0.4, 0.5) is 5.82 Å². The van der Waals surface area contributed by atoms with Gasteiger partial charge in [-0.1, -0.05) is 6.92 Å².